The Kier molecular flexibility index (Phi) is 3.53. The number of anilines is 1. The Labute approximate surface area is 151 Å². The van der Waals surface area contributed by atoms with Gasteiger partial charge in [-0.25, -0.2) is 0 Å². The van der Waals surface area contributed by atoms with Gasteiger partial charge in [0.1, 0.15) is 6.04 Å². The number of carbonyl (C=O) groups excluding carboxylic acids is 3. The number of piperidine rings is 1. The lowest BCUT2D eigenvalue weighted by atomic mass is 10.0. The number of carbonyl (C=O) groups is 3. The highest BCUT2D eigenvalue weighted by Gasteiger charge is 2.40. The maximum atomic E-state index is 12.8. The van der Waals surface area contributed by atoms with Crippen molar-refractivity contribution in [1.82, 2.24) is 15.5 Å². The summed E-state index contributed by atoms with van der Waals surface area (Å²) < 4.78 is 0. The van der Waals surface area contributed by atoms with Gasteiger partial charge < -0.3 is 15.1 Å². The van der Waals surface area contributed by atoms with Gasteiger partial charge in [0, 0.05) is 49.4 Å². The first-order valence-corrected chi connectivity index (χ1v) is 9.38. The minimum absolute atomic E-state index is 0.107. The van der Waals surface area contributed by atoms with Crippen molar-refractivity contribution in [1.29, 1.82) is 0 Å². The summed E-state index contributed by atoms with van der Waals surface area (Å²) in [6.45, 7) is 2.46. The third-order valence-electron chi connectivity index (χ3n) is 6.19. The number of benzene rings is 1. The minimum atomic E-state index is -0.550. The molecule has 2 bridgehead atoms. The van der Waals surface area contributed by atoms with Crippen molar-refractivity contribution in [2.45, 2.75) is 50.4 Å². The van der Waals surface area contributed by atoms with E-state index in [0.717, 1.165) is 18.7 Å². The fraction of sp³-hybridized carbons (Fsp3) is 0.526. The van der Waals surface area contributed by atoms with Gasteiger partial charge in [-0.15, -0.1) is 0 Å². The van der Waals surface area contributed by atoms with Crippen LogP contribution in [0.5, 0.6) is 0 Å². The Hall–Kier alpha value is -2.41. The van der Waals surface area contributed by atoms with Gasteiger partial charge in [0.15, 0.2) is 0 Å². The standard InChI is InChI=1S/C19H22N4O3/c24-17-6-5-16(18(25)21-17)22-10-11-7-12(3-4-15(11)19(22)26)23-13-1-2-14(23)9-20-8-13/h3-4,7,13-14,16,20H,1-2,5-6,8-10H2,(H,21,24,25). The van der Waals surface area contributed by atoms with Crippen LogP contribution in [0.4, 0.5) is 5.69 Å². The van der Waals surface area contributed by atoms with E-state index in [4.69, 9.17) is 0 Å². The largest absolute Gasteiger partial charge is 0.363 e. The van der Waals surface area contributed by atoms with Gasteiger partial charge in [0.2, 0.25) is 11.8 Å². The molecule has 0 spiro atoms. The average Bonchev–Trinajstić information content (AvgIpc) is 3.08. The zero-order valence-corrected chi connectivity index (χ0v) is 14.5. The maximum absolute atomic E-state index is 12.8. The second-order valence-electron chi connectivity index (χ2n) is 7.69. The van der Waals surface area contributed by atoms with Crippen molar-refractivity contribution < 1.29 is 14.4 Å². The highest BCUT2D eigenvalue weighted by atomic mass is 16.2. The summed E-state index contributed by atoms with van der Waals surface area (Å²) in [5.74, 6) is -0.723. The lowest BCUT2D eigenvalue weighted by Crippen LogP contribution is -2.52. The van der Waals surface area contributed by atoms with Crippen molar-refractivity contribution in [3.05, 3.63) is 29.3 Å². The molecule has 0 aliphatic carbocycles. The Morgan fingerprint density at radius 2 is 1.77 bits per heavy atom. The molecule has 3 saturated heterocycles. The zero-order valence-electron chi connectivity index (χ0n) is 14.5. The summed E-state index contributed by atoms with van der Waals surface area (Å²) in [6, 6.07) is 6.56. The first kappa shape index (κ1) is 15.8. The summed E-state index contributed by atoms with van der Waals surface area (Å²) in [6.07, 6.45) is 3.09. The number of fused-ring (bicyclic) bond motifs is 3. The van der Waals surface area contributed by atoms with E-state index in [1.165, 1.54) is 18.5 Å². The van der Waals surface area contributed by atoms with E-state index in [-0.39, 0.29) is 24.1 Å². The molecule has 1 aromatic rings. The molecule has 5 rings (SSSR count). The van der Waals surface area contributed by atoms with Crippen molar-refractivity contribution >= 4 is 23.4 Å². The van der Waals surface area contributed by atoms with E-state index in [9.17, 15) is 14.4 Å². The van der Waals surface area contributed by atoms with E-state index < -0.39 is 6.04 Å². The number of hydrogen-bond donors (Lipinski definition) is 2. The molecule has 4 aliphatic rings. The van der Waals surface area contributed by atoms with Gasteiger partial charge in [-0.2, -0.15) is 0 Å². The lowest BCUT2D eigenvalue weighted by Gasteiger charge is -2.37. The molecule has 7 heteroatoms. The van der Waals surface area contributed by atoms with E-state index >= 15 is 0 Å². The molecule has 1 aromatic carbocycles. The molecule has 4 heterocycles. The van der Waals surface area contributed by atoms with E-state index in [0.29, 0.717) is 30.6 Å². The molecule has 136 valence electrons. The predicted molar refractivity (Wildman–Crippen MR) is 94.6 cm³/mol. The molecule has 0 radical (unpaired) electrons. The summed E-state index contributed by atoms with van der Waals surface area (Å²) >= 11 is 0. The summed E-state index contributed by atoms with van der Waals surface area (Å²) in [5, 5.41) is 5.84. The Bertz CT molecular complexity index is 792. The first-order valence-electron chi connectivity index (χ1n) is 9.38. The van der Waals surface area contributed by atoms with E-state index in [1.807, 2.05) is 12.1 Å². The molecular formula is C19H22N4O3. The summed E-state index contributed by atoms with van der Waals surface area (Å²) in [4.78, 5) is 40.4. The van der Waals surface area contributed by atoms with Crippen LogP contribution >= 0.6 is 0 Å². The van der Waals surface area contributed by atoms with Gasteiger partial charge in [-0.3, -0.25) is 19.7 Å². The molecule has 3 amide bonds. The second-order valence-corrected chi connectivity index (χ2v) is 7.69. The molecule has 7 nitrogen and oxygen atoms in total. The normalized spacial score (nSPS) is 30.6. The smallest absolute Gasteiger partial charge is 0.255 e. The van der Waals surface area contributed by atoms with Gasteiger partial charge >= 0.3 is 0 Å². The molecule has 3 unspecified atom stereocenters. The fourth-order valence-corrected chi connectivity index (χ4v) is 4.92. The fourth-order valence-electron chi connectivity index (χ4n) is 4.92. The quantitative estimate of drug-likeness (QED) is 0.751. The summed E-state index contributed by atoms with van der Waals surface area (Å²) in [5.41, 5.74) is 2.84. The molecule has 0 aromatic heterocycles. The monoisotopic (exact) mass is 354 g/mol. The molecule has 26 heavy (non-hydrogen) atoms. The average molecular weight is 354 g/mol. The summed E-state index contributed by atoms with van der Waals surface area (Å²) in [7, 11) is 0. The van der Waals surface area contributed by atoms with Crippen LogP contribution in [0.1, 0.15) is 41.6 Å². The molecule has 0 saturated carbocycles. The van der Waals surface area contributed by atoms with E-state index in [1.54, 1.807) is 4.90 Å². The Morgan fingerprint density at radius 1 is 1.00 bits per heavy atom. The number of nitrogens with zero attached hydrogens (tertiary/aromatic N) is 2. The molecule has 3 atom stereocenters. The number of rotatable bonds is 2. The van der Waals surface area contributed by atoms with Crippen LogP contribution in [0.25, 0.3) is 0 Å². The third kappa shape index (κ3) is 2.34. The van der Waals surface area contributed by atoms with Crippen LogP contribution in [0, 0.1) is 0 Å². The number of nitrogens with one attached hydrogen (secondary N) is 2. The number of piperazine rings is 1. The van der Waals surface area contributed by atoms with Crippen LogP contribution in [0.2, 0.25) is 0 Å². The van der Waals surface area contributed by atoms with Crippen molar-refractivity contribution in [2.24, 2.45) is 0 Å². The number of amides is 3. The van der Waals surface area contributed by atoms with Crippen LogP contribution < -0.4 is 15.5 Å². The maximum Gasteiger partial charge on any atom is 0.255 e. The Balaban J connectivity index is 1.41. The lowest BCUT2D eigenvalue weighted by molar-refractivity contribution is -0.136. The Morgan fingerprint density at radius 3 is 2.50 bits per heavy atom. The highest BCUT2D eigenvalue weighted by molar-refractivity contribution is 6.05. The highest BCUT2D eigenvalue weighted by Crippen LogP contribution is 2.36. The van der Waals surface area contributed by atoms with E-state index in [2.05, 4.69) is 21.6 Å². The number of hydrogen-bond acceptors (Lipinski definition) is 5. The van der Waals surface area contributed by atoms with Crippen molar-refractivity contribution in [2.75, 3.05) is 18.0 Å². The molecule has 4 aliphatic heterocycles. The topological polar surface area (TPSA) is 81.8 Å². The number of imide groups is 1. The second kappa shape index (κ2) is 5.81. The van der Waals surface area contributed by atoms with Crippen molar-refractivity contribution in [3.63, 3.8) is 0 Å². The van der Waals surface area contributed by atoms with Crippen LogP contribution in [0.3, 0.4) is 0 Å². The van der Waals surface area contributed by atoms with Gasteiger partial charge in [0.25, 0.3) is 5.91 Å². The molecule has 3 fully saturated rings. The van der Waals surface area contributed by atoms with Crippen LogP contribution in [-0.4, -0.2) is 53.8 Å². The minimum Gasteiger partial charge on any atom is -0.363 e. The first-order chi connectivity index (χ1) is 12.6. The van der Waals surface area contributed by atoms with Gasteiger partial charge in [0.05, 0.1) is 0 Å². The van der Waals surface area contributed by atoms with Crippen molar-refractivity contribution in [3.8, 4) is 0 Å². The molecular weight excluding hydrogens is 332 g/mol. The van der Waals surface area contributed by atoms with Crippen LogP contribution in [-0.2, 0) is 16.1 Å². The third-order valence-corrected chi connectivity index (χ3v) is 6.19. The zero-order chi connectivity index (χ0) is 17.8. The van der Waals surface area contributed by atoms with Crippen LogP contribution in [0.15, 0.2) is 18.2 Å². The van der Waals surface area contributed by atoms with Gasteiger partial charge in [-0.05, 0) is 43.0 Å². The van der Waals surface area contributed by atoms with Gasteiger partial charge in [-0.1, -0.05) is 0 Å². The molecule has 2 N–H and O–H groups in total. The SMILES string of the molecule is O=C1CCC(N2Cc3cc(N4C5CCC4CNC5)ccc3C2=O)C(=O)N1. The predicted octanol–water partition coefficient (Wildman–Crippen LogP) is 0.388.